The van der Waals surface area contributed by atoms with Gasteiger partial charge in [-0.05, 0) is 24.0 Å². The zero-order valence-electron chi connectivity index (χ0n) is 12.7. The first-order valence-electron chi connectivity index (χ1n) is 6.78. The van der Waals surface area contributed by atoms with E-state index in [0.717, 1.165) is 4.80 Å². The third-order valence-corrected chi connectivity index (χ3v) is 3.90. The van der Waals surface area contributed by atoms with Crippen molar-refractivity contribution in [3.8, 4) is 17.2 Å². The van der Waals surface area contributed by atoms with E-state index in [2.05, 4.69) is 20.2 Å². The first-order chi connectivity index (χ1) is 12.1. The Kier molecular flexibility index (Phi) is 4.36. The zero-order chi connectivity index (χ0) is 19.2. The highest BCUT2D eigenvalue weighted by atomic mass is 35.5. The highest BCUT2D eigenvalue weighted by Gasteiger charge is 2.32. The van der Waals surface area contributed by atoms with Crippen molar-refractivity contribution < 1.29 is 18.1 Å². The molecule has 2 aromatic heterocycles. The van der Waals surface area contributed by atoms with Gasteiger partial charge in [0.25, 0.3) is 0 Å². The molecule has 0 saturated heterocycles. The second-order valence-corrected chi connectivity index (χ2v) is 5.90. The van der Waals surface area contributed by atoms with E-state index in [1.807, 2.05) is 0 Å². The van der Waals surface area contributed by atoms with Gasteiger partial charge in [0.1, 0.15) is 11.4 Å². The van der Waals surface area contributed by atoms with Crippen molar-refractivity contribution in [1.29, 1.82) is 0 Å². The van der Waals surface area contributed by atoms with Crippen LogP contribution in [0.3, 0.4) is 0 Å². The topological polar surface area (TPSA) is 103 Å². The molecule has 1 N–H and O–H groups in total. The summed E-state index contributed by atoms with van der Waals surface area (Å²) >= 11 is 11.8. The molecule has 0 spiro atoms. The van der Waals surface area contributed by atoms with Crippen LogP contribution in [0.1, 0.15) is 11.3 Å². The van der Waals surface area contributed by atoms with Crippen molar-refractivity contribution >= 4 is 29.0 Å². The Morgan fingerprint density at radius 1 is 1.27 bits per heavy atom. The summed E-state index contributed by atoms with van der Waals surface area (Å²) < 4.78 is 38.4. The van der Waals surface area contributed by atoms with Crippen molar-refractivity contribution in [2.75, 3.05) is 0 Å². The van der Waals surface area contributed by atoms with Crippen LogP contribution in [0.5, 0.6) is 0 Å². The van der Waals surface area contributed by atoms with E-state index < -0.39 is 16.7 Å². The molecule has 0 amide bonds. The van der Waals surface area contributed by atoms with E-state index in [1.165, 1.54) is 13.1 Å². The molecule has 3 aromatic rings. The number of hydrogen-bond acceptors (Lipinski definition) is 5. The van der Waals surface area contributed by atoms with Gasteiger partial charge in [0, 0.05) is 0 Å². The van der Waals surface area contributed by atoms with Crippen LogP contribution < -0.4 is 0 Å². The monoisotopic (exact) mass is 406 g/mol. The van der Waals surface area contributed by atoms with E-state index >= 15 is 0 Å². The van der Waals surface area contributed by atoms with Gasteiger partial charge >= 0.3 is 12.0 Å². The first kappa shape index (κ1) is 18.1. The standard InChI is InChI=1S/C13H7Cl2F3N6O2/c1-5-12(24(25)26)21-11(20-5)9-4-19-23(22-9)10-7(14)2-6(3-8(10)15)13(16,17)18/h2-4H,1H3,(H,20,21). The molecule has 0 unspecified atom stereocenters. The molecular weight excluding hydrogens is 400 g/mol. The molecule has 13 heteroatoms. The minimum Gasteiger partial charge on any atom is -0.358 e. The maximum absolute atomic E-state index is 12.8. The fourth-order valence-electron chi connectivity index (χ4n) is 2.15. The van der Waals surface area contributed by atoms with Gasteiger partial charge in [-0.1, -0.05) is 23.2 Å². The molecule has 0 bridgehead atoms. The quantitative estimate of drug-likeness (QED) is 0.518. The van der Waals surface area contributed by atoms with Gasteiger partial charge in [0.15, 0.2) is 5.69 Å². The molecule has 0 atom stereocenters. The van der Waals surface area contributed by atoms with Gasteiger partial charge in [0.05, 0.1) is 21.8 Å². The van der Waals surface area contributed by atoms with Gasteiger partial charge in [-0.15, -0.1) is 9.90 Å². The number of nitrogens with one attached hydrogen (secondary N) is 1. The van der Waals surface area contributed by atoms with Crippen LogP contribution in [0.2, 0.25) is 10.0 Å². The number of hydrogen-bond donors (Lipinski definition) is 1. The van der Waals surface area contributed by atoms with Gasteiger partial charge < -0.3 is 10.1 Å². The number of aryl methyl sites for hydroxylation is 1. The number of H-pyrrole nitrogens is 1. The molecular formula is C13H7Cl2F3N6O2. The summed E-state index contributed by atoms with van der Waals surface area (Å²) in [5.74, 6) is -0.236. The normalized spacial score (nSPS) is 11.8. The molecule has 1 aromatic carbocycles. The van der Waals surface area contributed by atoms with Crippen LogP contribution in [-0.2, 0) is 6.18 Å². The Balaban J connectivity index is 2.03. The smallest absolute Gasteiger partial charge is 0.358 e. The largest absolute Gasteiger partial charge is 0.416 e. The van der Waals surface area contributed by atoms with Crippen molar-refractivity contribution in [2.24, 2.45) is 0 Å². The molecule has 8 nitrogen and oxygen atoms in total. The van der Waals surface area contributed by atoms with Crippen molar-refractivity contribution in [3.63, 3.8) is 0 Å². The summed E-state index contributed by atoms with van der Waals surface area (Å²) in [6, 6.07) is 1.40. The number of nitrogens with zero attached hydrogens (tertiary/aromatic N) is 5. The third-order valence-electron chi connectivity index (χ3n) is 3.32. The second-order valence-electron chi connectivity index (χ2n) is 5.08. The first-order valence-corrected chi connectivity index (χ1v) is 7.54. The Morgan fingerprint density at radius 3 is 2.38 bits per heavy atom. The summed E-state index contributed by atoms with van der Waals surface area (Å²) in [5, 5.41) is 18.1. The molecule has 0 saturated carbocycles. The number of alkyl halides is 3. The molecule has 0 aliphatic carbocycles. The summed E-state index contributed by atoms with van der Waals surface area (Å²) in [4.78, 5) is 17.6. The average Bonchev–Trinajstić information content (AvgIpc) is 3.12. The summed E-state index contributed by atoms with van der Waals surface area (Å²) in [5.41, 5.74) is -0.815. The molecule has 0 radical (unpaired) electrons. The minimum atomic E-state index is -4.61. The van der Waals surface area contributed by atoms with Gasteiger partial charge in [-0.3, -0.25) is 0 Å². The Morgan fingerprint density at radius 2 is 1.88 bits per heavy atom. The Hall–Kier alpha value is -2.66. The SMILES string of the molecule is Cc1nc(-c2cnn(-c3c(Cl)cc(C(F)(F)F)cc3Cl)n2)[nH]c1[N+](=O)[O-]. The lowest BCUT2D eigenvalue weighted by Crippen LogP contribution is -2.07. The fraction of sp³-hybridized carbons (Fsp3) is 0.154. The third kappa shape index (κ3) is 3.22. The van der Waals surface area contributed by atoms with Crippen LogP contribution >= 0.6 is 23.2 Å². The highest BCUT2D eigenvalue weighted by molar-refractivity contribution is 6.37. The van der Waals surface area contributed by atoms with Crippen LogP contribution in [0.25, 0.3) is 17.2 Å². The number of nitro groups is 1. The number of benzene rings is 1. The van der Waals surface area contributed by atoms with Crippen LogP contribution in [0.4, 0.5) is 19.0 Å². The number of halogens is 5. The average molecular weight is 407 g/mol. The van der Waals surface area contributed by atoms with Crippen LogP contribution in [-0.4, -0.2) is 29.9 Å². The number of rotatable bonds is 3. The highest BCUT2D eigenvalue weighted by Crippen LogP contribution is 2.37. The van der Waals surface area contributed by atoms with Crippen molar-refractivity contribution in [2.45, 2.75) is 13.1 Å². The van der Waals surface area contributed by atoms with Gasteiger partial charge in [-0.2, -0.15) is 18.3 Å². The van der Waals surface area contributed by atoms with Crippen LogP contribution in [0, 0.1) is 17.0 Å². The van der Waals surface area contributed by atoms with E-state index in [9.17, 15) is 23.3 Å². The molecule has 26 heavy (non-hydrogen) atoms. The number of aromatic nitrogens is 5. The molecule has 136 valence electrons. The molecule has 0 aliphatic rings. The summed E-state index contributed by atoms with van der Waals surface area (Å²) in [6.45, 7) is 1.44. The van der Waals surface area contributed by atoms with E-state index in [1.54, 1.807) is 0 Å². The molecule has 2 heterocycles. The van der Waals surface area contributed by atoms with Crippen molar-refractivity contribution in [1.82, 2.24) is 25.0 Å². The maximum atomic E-state index is 12.8. The van der Waals surface area contributed by atoms with Gasteiger partial charge in [-0.25, -0.2) is 9.97 Å². The number of aromatic amines is 1. The predicted octanol–water partition coefficient (Wildman–Crippen LogP) is 4.20. The van der Waals surface area contributed by atoms with E-state index in [-0.39, 0.29) is 38.8 Å². The Labute approximate surface area is 152 Å². The van der Waals surface area contributed by atoms with Crippen molar-refractivity contribution in [3.05, 3.63) is 49.7 Å². The predicted molar refractivity (Wildman–Crippen MR) is 85.4 cm³/mol. The number of imidazole rings is 1. The lowest BCUT2D eigenvalue weighted by atomic mass is 10.2. The lowest BCUT2D eigenvalue weighted by Gasteiger charge is -2.11. The summed E-state index contributed by atoms with van der Waals surface area (Å²) in [6.07, 6.45) is -3.40. The Bertz CT molecular complexity index is 991. The van der Waals surface area contributed by atoms with Crippen LogP contribution in [0.15, 0.2) is 18.3 Å². The lowest BCUT2D eigenvalue weighted by molar-refractivity contribution is -0.389. The maximum Gasteiger partial charge on any atom is 0.416 e. The second kappa shape index (κ2) is 6.25. The fourth-order valence-corrected chi connectivity index (χ4v) is 2.79. The molecule has 0 aliphatic heterocycles. The zero-order valence-corrected chi connectivity index (χ0v) is 14.2. The molecule has 0 fully saturated rings. The van der Waals surface area contributed by atoms with E-state index in [0.29, 0.717) is 12.1 Å². The molecule has 3 rings (SSSR count). The van der Waals surface area contributed by atoms with Gasteiger partial charge in [0.2, 0.25) is 5.82 Å². The summed E-state index contributed by atoms with van der Waals surface area (Å²) in [7, 11) is 0. The van der Waals surface area contributed by atoms with E-state index in [4.69, 9.17) is 23.2 Å². The minimum absolute atomic E-state index is 0.0645.